The second-order valence-corrected chi connectivity index (χ2v) is 7.47. The van der Waals surface area contributed by atoms with Gasteiger partial charge in [0.05, 0.1) is 0 Å². The number of aliphatic carboxylic acids is 1. The second kappa shape index (κ2) is 6.41. The van der Waals surface area contributed by atoms with Gasteiger partial charge in [-0.25, -0.2) is 0 Å². The van der Waals surface area contributed by atoms with Crippen LogP contribution in [0.4, 0.5) is 0 Å². The SMILES string of the molecule is CCC1CCCCN1S(=O)(=O)N1CCCCC1C(=O)O. The van der Waals surface area contributed by atoms with Gasteiger partial charge in [-0.15, -0.1) is 0 Å². The summed E-state index contributed by atoms with van der Waals surface area (Å²) in [5.41, 5.74) is 0. The standard InChI is InChI=1S/C13H24N2O4S/c1-2-11-7-3-5-9-14(11)20(18,19)15-10-6-4-8-12(15)13(16)17/h11-12H,2-10H2,1H3,(H,16,17). The minimum absolute atomic E-state index is 0.0186. The van der Waals surface area contributed by atoms with Gasteiger partial charge < -0.3 is 5.11 Å². The fourth-order valence-corrected chi connectivity index (χ4v) is 5.39. The molecule has 2 aliphatic rings. The molecule has 2 heterocycles. The van der Waals surface area contributed by atoms with E-state index < -0.39 is 22.2 Å². The van der Waals surface area contributed by atoms with E-state index in [2.05, 4.69) is 0 Å². The summed E-state index contributed by atoms with van der Waals surface area (Å²) in [4.78, 5) is 11.3. The van der Waals surface area contributed by atoms with Crippen molar-refractivity contribution in [3.63, 3.8) is 0 Å². The Hall–Kier alpha value is -0.660. The Labute approximate surface area is 120 Å². The van der Waals surface area contributed by atoms with Crippen molar-refractivity contribution in [2.75, 3.05) is 13.1 Å². The van der Waals surface area contributed by atoms with Gasteiger partial charge in [0, 0.05) is 19.1 Å². The third-order valence-corrected chi connectivity index (χ3v) is 6.48. The zero-order chi connectivity index (χ0) is 14.8. The van der Waals surface area contributed by atoms with Gasteiger partial charge in [-0.2, -0.15) is 17.0 Å². The Kier molecular flexibility index (Phi) is 5.04. The summed E-state index contributed by atoms with van der Waals surface area (Å²) >= 11 is 0. The topological polar surface area (TPSA) is 77.9 Å². The summed E-state index contributed by atoms with van der Waals surface area (Å²) in [6.07, 6.45) is 5.51. The lowest BCUT2D eigenvalue weighted by atomic mass is 10.0. The summed E-state index contributed by atoms with van der Waals surface area (Å²) in [6, 6.07) is -0.877. The summed E-state index contributed by atoms with van der Waals surface area (Å²) < 4.78 is 28.4. The van der Waals surface area contributed by atoms with Crippen molar-refractivity contribution in [1.29, 1.82) is 0 Å². The van der Waals surface area contributed by atoms with E-state index in [-0.39, 0.29) is 6.04 Å². The van der Waals surface area contributed by atoms with Gasteiger partial charge in [-0.05, 0) is 38.5 Å². The van der Waals surface area contributed by atoms with E-state index in [0.717, 1.165) is 38.5 Å². The molecular formula is C13H24N2O4S. The van der Waals surface area contributed by atoms with Crippen molar-refractivity contribution in [2.24, 2.45) is 0 Å². The molecule has 1 N–H and O–H groups in total. The molecule has 20 heavy (non-hydrogen) atoms. The zero-order valence-electron chi connectivity index (χ0n) is 12.0. The number of nitrogens with zero attached hydrogens (tertiary/aromatic N) is 2. The smallest absolute Gasteiger partial charge is 0.322 e. The average Bonchev–Trinajstić information content (AvgIpc) is 2.47. The van der Waals surface area contributed by atoms with Gasteiger partial charge in [0.2, 0.25) is 0 Å². The third-order valence-electron chi connectivity index (χ3n) is 4.38. The fraction of sp³-hybridized carbons (Fsp3) is 0.923. The van der Waals surface area contributed by atoms with Crippen molar-refractivity contribution in [3.05, 3.63) is 0 Å². The van der Waals surface area contributed by atoms with Crippen LogP contribution in [0.3, 0.4) is 0 Å². The third kappa shape index (κ3) is 2.99. The molecular weight excluding hydrogens is 280 g/mol. The lowest BCUT2D eigenvalue weighted by Crippen LogP contribution is -2.56. The minimum atomic E-state index is -3.65. The Morgan fingerprint density at radius 2 is 1.70 bits per heavy atom. The van der Waals surface area contributed by atoms with Crippen LogP contribution in [0, 0.1) is 0 Å². The first-order chi connectivity index (χ1) is 9.48. The molecule has 2 aliphatic heterocycles. The zero-order valence-corrected chi connectivity index (χ0v) is 12.8. The highest BCUT2D eigenvalue weighted by molar-refractivity contribution is 7.86. The number of piperidine rings is 2. The van der Waals surface area contributed by atoms with Crippen LogP contribution in [0.25, 0.3) is 0 Å². The van der Waals surface area contributed by atoms with Crippen molar-refractivity contribution < 1.29 is 18.3 Å². The van der Waals surface area contributed by atoms with E-state index >= 15 is 0 Å². The number of carbonyl (C=O) groups is 1. The molecule has 0 aromatic carbocycles. The van der Waals surface area contributed by atoms with Crippen LogP contribution in [0.5, 0.6) is 0 Å². The molecule has 0 radical (unpaired) electrons. The molecule has 2 atom stereocenters. The van der Waals surface area contributed by atoms with Crippen molar-refractivity contribution in [2.45, 2.75) is 64.0 Å². The molecule has 7 heteroatoms. The maximum atomic E-state index is 12.8. The van der Waals surface area contributed by atoms with Crippen LogP contribution in [-0.2, 0) is 15.0 Å². The molecule has 0 spiro atoms. The molecule has 0 aliphatic carbocycles. The highest BCUT2D eigenvalue weighted by Gasteiger charge is 2.42. The van der Waals surface area contributed by atoms with Crippen LogP contribution in [0.1, 0.15) is 51.9 Å². The van der Waals surface area contributed by atoms with E-state index in [9.17, 15) is 18.3 Å². The van der Waals surface area contributed by atoms with E-state index in [1.807, 2.05) is 6.92 Å². The monoisotopic (exact) mass is 304 g/mol. The van der Waals surface area contributed by atoms with E-state index in [4.69, 9.17) is 0 Å². The van der Waals surface area contributed by atoms with Gasteiger partial charge in [0.1, 0.15) is 6.04 Å². The molecule has 0 aromatic heterocycles. The van der Waals surface area contributed by atoms with Crippen LogP contribution in [-0.4, -0.2) is 53.3 Å². The van der Waals surface area contributed by atoms with Gasteiger partial charge in [0.25, 0.3) is 10.2 Å². The maximum Gasteiger partial charge on any atom is 0.322 e. The van der Waals surface area contributed by atoms with Crippen LogP contribution in [0.15, 0.2) is 0 Å². The first-order valence-corrected chi connectivity index (χ1v) is 8.89. The van der Waals surface area contributed by atoms with E-state index in [1.54, 1.807) is 0 Å². The predicted molar refractivity (Wildman–Crippen MR) is 75.5 cm³/mol. The largest absolute Gasteiger partial charge is 0.480 e. The summed E-state index contributed by atoms with van der Waals surface area (Å²) in [7, 11) is -3.65. The lowest BCUT2D eigenvalue weighted by molar-refractivity contribution is -0.142. The fourth-order valence-electron chi connectivity index (χ4n) is 3.25. The van der Waals surface area contributed by atoms with Gasteiger partial charge in [-0.1, -0.05) is 13.3 Å². The van der Waals surface area contributed by atoms with Gasteiger partial charge in [-0.3, -0.25) is 4.79 Å². The molecule has 116 valence electrons. The predicted octanol–water partition coefficient (Wildman–Crippen LogP) is 1.43. The first kappa shape index (κ1) is 15.7. The number of hydrogen-bond donors (Lipinski definition) is 1. The number of carboxylic acids is 1. The van der Waals surface area contributed by atoms with Crippen LogP contribution < -0.4 is 0 Å². The Bertz CT molecular complexity index is 451. The van der Waals surface area contributed by atoms with Gasteiger partial charge >= 0.3 is 5.97 Å². The highest BCUT2D eigenvalue weighted by atomic mass is 32.2. The molecule has 2 unspecified atom stereocenters. The average molecular weight is 304 g/mol. The molecule has 0 aromatic rings. The van der Waals surface area contributed by atoms with Crippen molar-refractivity contribution in [3.8, 4) is 0 Å². The molecule has 2 saturated heterocycles. The van der Waals surface area contributed by atoms with Crippen molar-refractivity contribution in [1.82, 2.24) is 8.61 Å². The Balaban J connectivity index is 2.24. The van der Waals surface area contributed by atoms with Crippen molar-refractivity contribution >= 4 is 16.2 Å². The molecule has 6 nitrogen and oxygen atoms in total. The summed E-state index contributed by atoms with van der Waals surface area (Å²) in [6.45, 7) is 2.83. The lowest BCUT2D eigenvalue weighted by Gasteiger charge is -2.40. The molecule has 0 bridgehead atoms. The summed E-state index contributed by atoms with van der Waals surface area (Å²) in [5, 5.41) is 9.27. The summed E-state index contributed by atoms with van der Waals surface area (Å²) in [5.74, 6) is -1.03. The Morgan fingerprint density at radius 3 is 2.30 bits per heavy atom. The normalized spacial score (nSPS) is 30.2. The van der Waals surface area contributed by atoms with E-state index in [1.165, 1.54) is 8.61 Å². The first-order valence-electron chi connectivity index (χ1n) is 7.50. The second-order valence-electron chi connectivity index (χ2n) is 5.64. The van der Waals surface area contributed by atoms with Gasteiger partial charge in [0.15, 0.2) is 0 Å². The number of rotatable bonds is 4. The molecule has 2 fully saturated rings. The highest BCUT2D eigenvalue weighted by Crippen LogP contribution is 2.28. The minimum Gasteiger partial charge on any atom is -0.480 e. The molecule has 0 saturated carbocycles. The number of carboxylic acid groups (broad SMARTS) is 1. The molecule has 0 amide bonds. The Morgan fingerprint density at radius 1 is 1.10 bits per heavy atom. The maximum absolute atomic E-state index is 12.8. The molecule has 2 rings (SSSR count). The van der Waals surface area contributed by atoms with E-state index in [0.29, 0.717) is 19.5 Å². The van der Waals surface area contributed by atoms with Crippen LogP contribution >= 0.6 is 0 Å². The number of hydrogen-bond acceptors (Lipinski definition) is 3. The quantitative estimate of drug-likeness (QED) is 0.852. The van der Waals surface area contributed by atoms with Crippen LogP contribution in [0.2, 0.25) is 0 Å².